The SMILES string of the molecule is CC1CN(C(=O)Nc2ccc(C(=O)NCc3ccccc3F)cc2)c2ccccc2S1. The zero-order valence-electron chi connectivity index (χ0n) is 17.0. The minimum absolute atomic E-state index is 0.106. The molecule has 5 nitrogen and oxygen atoms in total. The quantitative estimate of drug-likeness (QED) is 0.586. The van der Waals surface area contributed by atoms with Crippen LogP contribution in [0.2, 0.25) is 0 Å². The molecule has 0 aromatic heterocycles. The number of fused-ring (bicyclic) bond motifs is 1. The number of para-hydroxylation sites is 1. The van der Waals surface area contributed by atoms with Crippen LogP contribution in [0.15, 0.2) is 77.7 Å². The van der Waals surface area contributed by atoms with Crippen LogP contribution in [0.4, 0.5) is 20.6 Å². The molecular formula is C24H22FN3O2S. The van der Waals surface area contributed by atoms with Gasteiger partial charge in [0, 0.05) is 40.0 Å². The Kier molecular flexibility index (Phi) is 6.23. The first-order chi connectivity index (χ1) is 15.0. The number of amides is 3. The number of nitrogens with one attached hydrogen (secondary N) is 2. The zero-order valence-corrected chi connectivity index (χ0v) is 17.8. The smallest absolute Gasteiger partial charge is 0.326 e. The number of nitrogens with zero attached hydrogens (tertiary/aromatic N) is 1. The summed E-state index contributed by atoms with van der Waals surface area (Å²) in [5.74, 6) is -0.662. The Bertz CT molecular complexity index is 1100. The van der Waals surface area contributed by atoms with Gasteiger partial charge in [-0.05, 0) is 42.5 Å². The number of anilines is 2. The van der Waals surface area contributed by atoms with Crippen LogP contribution >= 0.6 is 11.8 Å². The number of hydrogen-bond acceptors (Lipinski definition) is 3. The molecule has 0 saturated heterocycles. The fourth-order valence-electron chi connectivity index (χ4n) is 3.40. The van der Waals surface area contributed by atoms with Gasteiger partial charge in [-0.15, -0.1) is 11.8 Å². The molecular weight excluding hydrogens is 413 g/mol. The van der Waals surface area contributed by atoms with Crippen molar-refractivity contribution in [3.05, 3.63) is 89.7 Å². The van der Waals surface area contributed by atoms with E-state index in [0.717, 1.165) is 10.6 Å². The Balaban J connectivity index is 1.39. The predicted molar refractivity (Wildman–Crippen MR) is 122 cm³/mol. The summed E-state index contributed by atoms with van der Waals surface area (Å²) in [7, 11) is 0. The van der Waals surface area contributed by atoms with E-state index in [2.05, 4.69) is 17.6 Å². The second-order valence-corrected chi connectivity index (χ2v) is 8.77. The molecule has 4 rings (SSSR count). The first kappa shape index (κ1) is 20.9. The summed E-state index contributed by atoms with van der Waals surface area (Å²) >= 11 is 1.76. The minimum atomic E-state index is -0.354. The summed E-state index contributed by atoms with van der Waals surface area (Å²) < 4.78 is 13.7. The summed E-state index contributed by atoms with van der Waals surface area (Å²) in [6.07, 6.45) is 0. The third-order valence-electron chi connectivity index (χ3n) is 4.96. The normalized spacial score (nSPS) is 15.2. The maximum atomic E-state index is 13.7. The van der Waals surface area contributed by atoms with Crippen LogP contribution in [0.25, 0.3) is 0 Å². The van der Waals surface area contributed by atoms with E-state index in [0.29, 0.717) is 28.6 Å². The van der Waals surface area contributed by atoms with E-state index in [4.69, 9.17) is 0 Å². The van der Waals surface area contributed by atoms with E-state index in [1.807, 2.05) is 24.3 Å². The van der Waals surface area contributed by atoms with E-state index in [9.17, 15) is 14.0 Å². The highest BCUT2D eigenvalue weighted by Gasteiger charge is 2.26. The zero-order chi connectivity index (χ0) is 21.8. The van der Waals surface area contributed by atoms with Crippen molar-refractivity contribution in [2.24, 2.45) is 0 Å². The molecule has 7 heteroatoms. The van der Waals surface area contributed by atoms with Crippen molar-refractivity contribution in [2.75, 3.05) is 16.8 Å². The Hall–Kier alpha value is -3.32. The molecule has 1 aliphatic rings. The molecule has 3 amide bonds. The molecule has 1 unspecified atom stereocenters. The largest absolute Gasteiger partial charge is 0.348 e. The molecule has 1 heterocycles. The van der Waals surface area contributed by atoms with Gasteiger partial charge in [0.25, 0.3) is 5.91 Å². The van der Waals surface area contributed by atoms with Gasteiger partial charge < -0.3 is 10.6 Å². The van der Waals surface area contributed by atoms with Gasteiger partial charge in [0.15, 0.2) is 0 Å². The van der Waals surface area contributed by atoms with Gasteiger partial charge in [-0.2, -0.15) is 0 Å². The molecule has 0 radical (unpaired) electrons. The number of urea groups is 1. The van der Waals surface area contributed by atoms with Gasteiger partial charge in [0.05, 0.1) is 5.69 Å². The van der Waals surface area contributed by atoms with Crippen molar-refractivity contribution < 1.29 is 14.0 Å². The fourth-order valence-corrected chi connectivity index (χ4v) is 4.51. The first-order valence-electron chi connectivity index (χ1n) is 9.97. The molecule has 2 N–H and O–H groups in total. The van der Waals surface area contributed by atoms with Crippen LogP contribution in [0.1, 0.15) is 22.8 Å². The second-order valence-electron chi connectivity index (χ2n) is 7.29. The molecule has 0 aliphatic carbocycles. The summed E-state index contributed by atoms with van der Waals surface area (Å²) in [5, 5.41) is 5.90. The van der Waals surface area contributed by atoms with Gasteiger partial charge in [-0.25, -0.2) is 9.18 Å². The molecule has 3 aromatic carbocycles. The lowest BCUT2D eigenvalue weighted by Crippen LogP contribution is -2.41. The Morgan fingerprint density at radius 1 is 1.03 bits per heavy atom. The Morgan fingerprint density at radius 3 is 2.52 bits per heavy atom. The highest BCUT2D eigenvalue weighted by atomic mass is 32.2. The molecule has 1 aliphatic heterocycles. The number of benzene rings is 3. The van der Waals surface area contributed by atoms with Crippen LogP contribution in [0.5, 0.6) is 0 Å². The maximum Gasteiger partial charge on any atom is 0.326 e. The van der Waals surface area contributed by atoms with Gasteiger partial charge in [-0.1, -0.05) is 37.3 Å². The van der Waals surface area contributed by atoms with Crippen molar-refractivity contribution in [3.8, 4) is 0 Å². The summed E-state index contributed by atoms with van der Waals surface area (Å²) in [6.45, 7) is 2.81. The maximum absolute atomic E-state index is 13.7. The molecule has 158 valence electrons. The van der Waals surface area contributed by atoms with Crippen molar-refractivity contribution in [1.82, 2.24) is 5.32 Å². The van der Waals surface area contributed by atoms with E-state index >= 15 is 0 Å². The summed E-state index contributed by atoms with van der Waals surface area (Å²) in [5.41, 5.74) is 2.35. The third-order valence-corrected chi connectivity index (χ3v) is 6.12. The summed E-state index contributed by atoms with van der Waals surface area (Å²) in [4.78, 5) is 28.1. The lowest BCUT2D eigenvalue weighted by Gasteiger charge is -2.32. The molecule has 3 aromatic rings. The molecule has 1 atom stereocenters. The highest BCUT2D eigenvalue weighted by Crippen LogP contribution is 2.38. The van der Waals surface area contributed by atoms with Crippen LogP contribution < -0.4 is 15.5 Å². The van der Waals surface area contributed by atoms with Crippen molar-refractivity contribution in [2.45, 2.75) is 23.6 Å². The van der Waals surface area contributed by atoms with Crippen LogP contribution in [-0.2, 0) is 6.54 Å². The average molecular weight is 436 g/mol. The second kappa shape index (κ2) is 9.22. The van der Waals surface area contributed by atoms with Crippen LogP contribution in [0.3, 0.4) is 0 Å². The van der Waals surface area contributed by atoms with E-state index < -0.39 is 0 Å². The van der Waals surface area contributed by atoms with E-state index in [1.165, 1.54) is 6.07 Å². The topological polar surface area (TPSA) is 61.4 Å². The minimum Gasteiger partial charge on any atom is -0.348 e. The monoisotopic (exact) mass is 435 g/mol. The van der Waals surface area contributed by atoms with Gasteiger partial charge in [0.2, 0.25) is 0 Å². The van der Waals surface area contributed by atoms with Gasteiger partial charge >= 0.3 is 6.03 Å². The number of rotatable bonds is 4. The molecule has 0 saturated carbocycles. The van der Waals surface area contributed by atoms with E-state index in [-0.39, 0.29) is 24.3 Å². The van der Waals surface area contributed by atoms with Crippen LogP contribution in [0, 0.1) is 5.82 Å². The summed E-state index contributed by atoms with van der Waals surface area (Å²) in [6, 6.07) is 20.6. The highest BCUT2D eigenvalue weighted by molar-refractivity contribution is 8.00. The Morgan fingerprint density at radius 2 is 1.74 bits per heavy atom. The molecule has 31 heavy (non-hydrogen) atoms. The van der Waals surface area contributed by atoms with Crippen molar-refractivity contribution in [3.63, 3.8) is 0 Å². The number of carbonyl (C=O) groups is 2. The average Bonchev–Trinajstić information content (AvgIpc) is 2.78. The molecule has 0 fully saturated rings. The molecule has 0 bridgehead atoms. The number of hydrogen-bond donors (Lipinski definition) is 2. The van der Waals surface area contributed by atoms with Gasteiger partial charge in [0.1, 0.15) is 5.82 Å². The Labute approximate surface area is 184 Å². The van der Waals surface area contributed by atoms with Gasteiger partial charge in [-0.3, -0.25) is 9.69 Å². The number of carbonyl (C=O) groups excluding carboxylic acids is 2. The lowest BCUT2D eigenvalue weighted by molar-refractivity contribution is 0.0950. The third kappa shape index (κ3) is 4.88. The molecule has 0 spiro atoms. The lowest BCUT2D eigenvalue weighted by atomic mass is 10.1. The van der Waals surface area contributed by atoms with E-state index in [1.54, 1.807) is 59.1 Å². The van der Waals surface area contributed by atoms with Crippen LogP contribution in [-0.4, -0.2) is 23.7 Å². The number of thioether (sulfide) groups is 1. The predicted octanol–water partition coefficient (Wildman–Crippen LogP) is 5.29. The van der Waals surface area contributed by atoms with Crippen molar-refractivity contribution in [1.29, 1.82) is 0 Å². The fraction of sp³-hybridized carbons (Fsp3) is 0.167. The first-order valence-corrected chi connectivity index (χ1v) is 10.8. The number of halogens is 1. The van der Waals surface area contributed by atoms with Crippen molar-refractivity contribution >= 4 is 35.1 Å². The standard InChI is InChI=1S/C24H22FN3O2S/c1-16-15-28(21-8-4-5-9-22(21)31-16)24(30)27-19-12-10-17(11-13-19)23(29)26-14-18-6-2-3-7-20(18)25/h2-13,16H,14-15H2,1H3,(H,26,29)(H,27,30).